The molecule has 1 aliphatic rings. The average molecular weight is 372 g/mol. The van der Waals surface area contributed by atoms with E-state index in [0.29, 0.717) is 18.4 Å². The van der Waals surface area contributed by atoms with E-state index >= 15 is 0 Å². The van der Waals surface area contributed by atoms with Crippen LogP contribution < -0.4 is 9.64 Å². The van der Waals surface area contributed by atoms with E-state index in [0.717, 1.165) is 29.3 Å². The summed E-state index contributed by atoms with van der Waals surface area (Å²) in [7, 11) is 0. The SMILES string of the molecule is O=C(N1CCCc2cc(OC(F)(F)F)ccc21)C(F)(F)c1ccccn1. The summed E-state index contributed by atoms with van der Waals surface area (Å²) in [5.41, 5.74) is -0.205. The number of halogens is 5. The van der Waals surface area contributed by atoms with Crippen LogP contribution in [0.15, 0.2) is 42.6 Å². The van der Waals surface area contributed by atoms with Crippen LogP contribution in [0.3, 0.4) is 0 Å². The van der Waals surface area contributed by atoms with Crippen molar-refractivity contribution in [1.82, 2.24) is 4.98 Å². The zero-order chi connectivity index (χ0) is 18.9. The molecule has 1 aromatic carbocycles. The number of hydrogen-bond donors (Lipinski definition) is 0. The van der Waals surface area contributed by atoms with Gasteiger partial charge in [0.2, 0.25) is 0 Å². The first-order valence-electron chi connectivity index (χ1n) is 7.68. The minimum absolute atomic E-state index is 0.0354. The summed E-state index contributed by atoms with van der Waals surface area (Å²) in [5.74, 6) is -5.78. The highest BCUT2D eigenvalue weighted by molar-refractivity contribution is 5.99. The van der Waals surface area contributed by atoms with Gasteiger partial charge in [-0.3, -0.25) is 9.78 Å². The molecule has 1 aliphatic heterocycles. The van der Waals surface area contributed by atoms with Crippen LogP contribution in [0.4, 0.5) is 27.6 Å². The lowest BCUT2D eigenvalue weighted by Crippen LogP contribution is -2.44. The van der Waals surface area contributed by atoms with Crippen molar-refractivity contribution in [2.75, 3.05) is 11.4 Å². The highest BCUT2D eigenvalue weighted by Gasteiger charge is 2.46. The highest BCUT2D eigenvalue weighted by Crippen LogP contribution is 2.37. The monoisotopic (exact) mass is 372 g/mol. The van der Waals surface area contributed by atoms with E-state index in [1.165, 1.54) is 18.2 Å². The van der Waals surface area contributed by atoms with Crippen molar-refractivity contribution in [1.29, 1.82) is 0 Å². The van der Waals surface area contributed by atoms with Crippen molar-refractivity contribution >= 4 is 11.6 Å². The quantitative estimate of drug-likeness (QED) is 0.764. The standard InChI is InChI=1S/C17H13F5N2O2/c18-16(19,14-5-1-2-8-23-14)15(25)24-9-3-4-11-10-12(6-7-13(11)24)26-17(20,21)22/h1-2,5-8,10H,3-4,9H2. The van der Waals surface area contributed by atoms with Gasteiger partial charge in [-0.25, -0.2) is 0 Å². The fourth-order valence-corrected chi connectivity index (χ4v) is 2.81. The third kappa shape index (κ3) is 3.61. The second-order valence-corrected chi connectivity index (χ2v) is 5.69. The molecule has 0 fully saturated rings. The molecule has 9 heteroatoms. The van der Waals surface area contributed by atoms with Gasteiger partial charge in [0.15, 0.2) is 0 Å². The second kappa shape index (κ2) is 6.54. The number of ether oxygens (including phenoxy) is 1. The molecule has 0 saturated carbocycles. The number of alkyl halides is 5. The van der Waals surface area contributed by atoms with Crippen molar-refractivity contribution in [2.24, 2.45) is 0 Å². The third-order valence-corrected chi connectivity index (χ3v) is 3.90. The van der Waals surface area contributed by atoms with Gasteiger partial charge in [-0.1, -0.05) is 6.07 Å². The number of fused-ring (bicyclic) bond motifs is 1. The zero-order valence-electron chi connectivity index (χ0n) is 13.3. The Morgan fingerprint density at radius 2 is 1.88 bits per heavy atom. The number of carbonyl (C=O) groups is 1. The molecule has 1 aromatic heterocycles. The van der Waals surface area contributed by atoms with E-state index in [1.807, 2.05) is 0 Å². The molecule has 0 N–H and O–H groups in total. The van der Waals surface area contributed by atoms with Gasteiger partial charge in [-0.2, -0.15) is 8.78 Å². The largest absolute Gasteiger partial charge is 0.573 e. The van der Waals surface area contributed by atoms with Crippen molar-refractivity contribution < 1.29 is 31.5 Å². The molecule has 0 bridgehead atoms. The number of rotatable bonds is 3. The molecule has 3 rings (SSSR count). The van der Waals surface area contributed by atoms with Crippen LogP contribution in [-0.4, -0.2) is 23.8 Å². The van der Waals surface area contributed by atoms with E-state index < -0.39 is 29.6 Å². The lowest BCUT2D eigenvalue weighted by Gasteiger charge is -2.32. The number of aromatic nitrogens is 1. The number of amides is 1. The Morgan fingerprint density at radius 3 is 2.54 bits per heavy atom. The first-order valence-corrected chi connectivity index (χ1v) is 7.68. The predicted molar refractivity (Wildman–Crippen MR) is 81.9 cm³/mol. The van der Waals surface area contributed by atoms with Crippen LogP contribution in [0.2, 0.25) is 0 Å². The number of aryl methyl sites for hydroxylation is 1. The molecule has 0 radical (unpaired) electrons. The molecule has 4 nitrogen and oxygen atoms in total. The number of pyridine rings is 1. The second-order valence-electron chi connectivity index (χ2n) is 5.69. The maximum absolute atomic E-state index is 14.5. The summed E-state index contributed by atoms with van der Waals surface area (Å²) < 4.78 is 69.8. The Balaban J connectivity index is 1.91. The van der Waals surface area contributed by atoms with Crippen molar-refractivity contribution in [3.63, 3.8) is 0 Å². The van der Waals surface area contributed by atoms with Gasteiger partial charge in [-0.15, -0.1) is 13.2 Å². The van der Waals surface area contributed by atoms with E-state index in [-0.39, 0.29) is 12.2 Å². The number of anilines is 1. The summed E-state index contributed by atoms with van der Waals surface area (Å²) in [4.78, 5) is 16.8. The van der Waals surface area contributed by atoms with Gasteiger partial charge in [0.25, 0.3) is 0 Å². The van der Waals surface area contributed by atoms with Crippen LogP contribution in [0.25, 0.3) is 0 Å². The summed E-state index contributed by atoms with van der Waals surface area (Å²) in [5, 5.41) is 0. The van der Waals surface area contributed by atoms with Gasteiger partial charge in [0.1, 0.15) is 11.4 Å². The Bertz CT molecular complexity index is 809. The minimum Gasteiger partial charge on any atom is -0.406 e. The number of hydrogen-bond acceptors (Lipinski definition) is 3. The maximum Gasteiger partial charge on any atom is 0.573 e. The lowest BCUT2D eigenvalue weighted by molar-refractivity contribution is -0.274. The van der Waals surface area contributed by atoms with Crippen molar-refractivity contribution in [2.45, 2.75) is 25.1 Å². The summed E-state index contributed by atoms with van der Waals surface area (Å²) >= 11 is 0. The molecule has 0 aliphatic carbocycles. The van der Waals surface area contributed by atoms with Crippen LogP contribution in [-0.2, 0) is 17.1 Å². The van der Waals surface area contributed by atoms with Crippen LogP contribution >= 0.6 is 0 Å². The third-order valence-electron chi connectivity index (χ3n) is 3.90. The van der Waals surface area contributed by atoms with Crippen LogP contribution in [0, 0.1) is 0 Å². The van der Waals surface area contributed by atoms with Crippen molar-refractivity contribution in [3.05, 3.63) is 53.9 Å². The first-order chi connectivity index (χ1) is 12.2. The molecule has 0 atom stereocenters. The van der Waals surface area contributed by atoms with Gasteiger partial charge >= 0.3 is 18.2 Å². The summed E-state index contributed by atoms with van der Waals surface area (Å²) in [6.07, 6.45) is -3.01. The summed E-state index contributed by atoms with van der Waals surface area (Å²) in [6.45, 7) is 0.0354. The average Bonchev–Trinajstić information content (AvgIpc) is 2.59. The van der Waals surface area contributed by atoms with Gasteiger partial charge in [0.05, 0.1) is 0 Å². The molecule has 2 heterocycles. The van der Waals surface area contributed by atoms with E-state index in [9.17, 15) is 26.7 Å². The van der Waals surface area contributed by atoms with E-state index in [2.05, 4.69) is 9.72 Å². The number of nitrogens with zero attached hydrogens (tertiary/aromatic N) is 2. The normalized spacial score (nSPS) is 14.7. The first kappa shape index (κ1) is 18.1. The Hall–Kier alpha value is -2.71. The zero-order valence-corrected chi connectivity index (χ0v) is 13.3. The van der Waals surface area contributed by atoms with Gasteiger partial charge in [-0.05, 0) is 48.7 Å². The number of benzene rings is 1. The van der Waals surface area contributed by atoms with Gasteiger partial charge in [0, 0.05) is 18.4 Å². The Kier molecular flexibility index (Phi) is 4.55. The molecule has 138 valence electrons. The molecular weight excluding hydrogens is 359 g/mol. The molecule has 1 amide bonds. The fourth-order valence-electron chi connectivity index (χ4n) is 2.81. The lowest BCUT2D eigenvalue weighted by atomic mass is 10.00. The molecular formula is C17H13F5N2O2. The maximum atomic E-state index is 14.5. The minimum atomic E-state index is -4.86. The number of carbonyl (C=O) groups excluding carboxylic acids is 1. The fraction of sp³-hybridized carbons (Fsp3) is 0.294. The van der Waals surface area contributed by atoms with E-state index in [1.54, 1.807) is 0 Å². The highest BCUT2D eigenvalue weighted by atomic mass is 19.4. The smallest absolute Gasteiger partial charge is 0.406 e. The van der Waals surface area contributed by atoms with Gasteiger partial charge < -0.3 is 9.64 Å². The molecule has 2 aromatic rings. The predicted octanol–water partition coefficient (Wildman–Crippen LogP) is 4.05. The van der Waals surface area contributed by atoms with Crippen molar-refractivity contribution in [3.8, 4) is 5.75 Å². The topological polar surface area (TPSA) is 42.4 Å². The molecule has 0 unspecified atom stereocenters. The van der Waals surface area contributed by atoms with Crippen LogP contribution in [0.1, 0.15) is 17.7 Å². The van der Waals surface area contributed by atoms with Crippen LogP contribution in [0.5, 0.6) is 5.75 Å². The molecule has 26 heavy (non-hydrogen) atoms. The molecule has 0 saturated heterocycles. The Labute approximate surface area is 145 Å². The summed E-state index contributed by atoms with van der Waals surface area (Å²) in [6, 6.07) is 7.12. The van der Waals surface area contributed by atoms with E-state index in [4.69, 9.17) is 0 Å². The molecule has 0 spiro atoms. The Morgan fingerprint density at radius 1 is 1.12 bits per heavy atom.